The summed E-state index contributed by atoms with van der Waals surface area (Å²) < 4.78 is 67.8. The van der Waals surface area contributed by atoms with Crippen LogP contribution in [0, 0.1) is 0 Å². The molecule has 1 fully saturated rings. The minimum atomic E-state index is -5.08. The van der Waals surface area contributed by atoms with Gasteiger partial charge in [0.2, 0.25) is 10.0 Å². The van der Waals surface area contributed by atoms with Crippen LogP contribution in [0.2, 0.25) is 0 Å². The van der Waals surface area contributed by atoms with Crippen LogP contribution in [0.25, 0.3) is 10.8 Å². The molecule has 0 radical (unpaired) electrons. The summed E-state index contributed by atoms with van der Waals surface area (Å²) in [5.74, 6) is 4.96. The van der Waals surface area contributed by atoms with Crippen LogP contribution < -0.4 is 25.5 Å². The van der Waals surface area contributed by atoms with Crippen LogP contribution in [0.1, 0.15) is 56.8 Å². The molecule has 5 N–H and O–H groups in total. The molecule has 2 heterocycles. The van der Waals surface area contributed by atoms with Crippen molar-refractivity contribution in [1.82, 2.24) is 9.88 Å². The van der Waals surface area contributed by atoms with Gasteiger partial charge in [0.15, 0.2) is 11.5 Å². The molecule has 2 unspecified atom stereocenters. The first-order chi connectivity index (χ1) is 23.5. The lowest BCUT2D eigenvalue weighted by molar-refractivity contribution is -0.192. The quantitative estimate of drug-likeness (QED) is 0.140. The molecule has 1 saturated heterocycles. The molecule has 0 bridgehead atoms. The summed E-state index contributed by atoms with van der Waals surface area (Å²) >= 11 is 0. The molecule has 0 saturated carbocycles. The van der Waals surface area contributed by atoms with Crippen LogP contribution in [0.5, 0.6) is 11.5 Å². The number of fused-ring (bicyclic) bond motifs is 1. The number of amides is 1. The number of aliphatic carboxylic acids is 1. The van der Waals surface area contributed by atoms with Crippen LogP contribution in [-0.2, 0) is 19.6 Å². The third kappa shape index (κ3) is 9.19. The lowest BCUT2D eigenvalue weighted by Crippen LogP contribution is -2.46. The fourth-order valence-corrected chi connectivity index (χ4v) is 6.12. The van der Waals surface area contributed by atoms with Crippen molar-refractivity contribution in [3.8, 4) is 11.5 Å². The number of carbonyl (C=O) groups is 2. The van der Waals surface area contributed by atoms with E-state index in [1.54, 1.807) is 41.6 Å². The number of sulfonamides is 1. The van der Waals surface area contributed by atoms with Crippen LogP contribution in [-0.4, -0.2) is 60.7 Å². The molecule has 1 aliphatic rings. The van der Waals surface area contributed by atoms with Gasteiger partial charge in [0.25, 0.3) is 5.91 Å². The maximum absolute atomic E-state index is 14.6. The molecule has 12 nitrogen and oxygen atoms in total. The topological polar surface area (TPSA) is 178 Å². The minimum absolute atomic E-state index is 0.00838. The zero-order valence-corrected chi connectivity index (χ0v) is 28.3. The predicted octanol–water partition coefficient (Wildman–Crippen LogP) is 5.49. The zero-order valence-electron chi connectivity index (χ0n) is 27.5. The Morgan fingerprint density at radius 3 is 2.42 bits per heavy atom. The summed E-state index contributed by atoms with van der Waals surface area (Å²) in [6.07, 6.45) is -0.247. The van der Waals surface area contributed by atoms with Crippen molar-refractivity contribution in [2.45, 2.75) is 62.9 Å². The number of rotatable bonds is 10. The van der Waals surface area contributed by atoms with E-state index in [1.807, 2.05) is 57.2 Å². The Kier molecular flexibility index (Phi) is 11.9. The number of pyridine rings is 1. The number of alkyl halides is 3. The van der Waals surface area contributed by atoms with E-state index in [0.717, 1.165) is 17.2 Å². The number of hydrogen-bond acceptors (Lipinski definition) is 9. The Morgan fingerprint density at radius 1 is 1.06 bits per heavy atom. The van der Waals surface area contributed by atoms with E-state index in [2.05, 4.69) is 4.98 Å². The third-order valence-corrected chi connectivity index (χ3v) is 8.64. The number of halogens is 3. The first-order valence-electron chi connectivity index (χ1n) is 15.6. The van der Waals surface area contributed by atoms with Gasteiger partial charge in [0, 0.05) is 24.3 Å². The van der Waals surface area contributed by atoms with Crippen molar-refractivity contribution in [2.24, 2.45) is 11.0 Å². The Bertz CT molecular complexity index is 1940. The molecule has 1 aliphatic heterocycles. The van der Waals surface area contributed by atoms with Gasteiger partial charge in [-0.3, -0.25) is 14.8 Å². The van der Waals surface area contributed by atoms with Gasteiger partial charge in [-0.05, 0) is 92.6 Å². The monoisotopic (exact) mass is 717 g/mol. The molecule has 4 aromatic rings. The van der Waals surface area contributed by atoms with Gasteiger partial charge < -0.3 is 19.5 Å². The number of carboxylic acids is 1. The highest BCUT2D eigenvalue weighted by atomic mass is 32.2. The molecule has 0 aliphatic carbocycles. The van der Waals surface area contributed by atoms with Gasteiger partial charge in [-0.15, -0.1) is 0 Å². The van der Waals surface area contributed by atoms with Gasteiger partial charge in [0.05, 0.1) is 29.3 Å². The molecule has 16 heteroatoms. The molecular formula is C34H38F3N5O7S. The fourth-order valence-electron chi connectivity index (χ4n) is 5.55. The molecule has 50 heavy (non-hydrogen) atoms. The van der Waals surface area contributed by atoms with Crippen molar-refractivity contribution >= 4 is 38.4 Å². The van der Waals surface area contributed by atoms with Gasteiger partial charge in [-0.25, -0.2) is 24.2 Å². The third-order valence-electron chi connectivity index (χ3n) is 7.73. The Balaban J connectivity index is 0.000000727. The highest BCUT2D eigenvalue weighted by Gasteiger charge is 2.39. The second-order valence-electron chi connectivity index (χ2n) is 11.6. The normalized spacial score (nSPS) is 15.3. The summed E-state index contributed by atoms with van der Waals surface area (Å²) in [4.78, 5) is 29.5. The van der Waals surface area contributed by atoms with E-state index in [0.29, 0.717) is 47.9 Å². The first kappa shape index (κ1) is 37.9. The maximum atomic E-state index is 14.6. The van der Waals surface area contributed by atoms with E-state index in [9.17, 15) is 26.4 Å². The number of aromatic nitrogens is 1. The number of ether oxygens (including phenoxy) is 2. The van der Waals surface area contributed by atoms with Crippen molar-refractivity contribution in [3.05, 3.63) is 90.3 Å². The molecule has 3 aromatic carbocycles. The average Bonchev–Trinajstić information content (AvgIpc) is 3.55. The predicted molar refractivity (Wildman–Crippen MR) is 180 cm³/mol. The summed E-state index contributed by atoms with van der Waals surface area (Å²) in [7, 11) is -3.90. The van der Waals surface area contributed by atoms with E-state index < -0.39 is 28.2 Å². The van der Waals surface area contributed by atoms with Gasteiger partial charge in [-0.2, -0.15) is 13.2 Å². The van der Waals surface area contributed by atoms with Gasteiger partial charge in [0.1, 0.15) is 6.04 Å². The molecule has 1 amide bonds. The molecular weight excluding hydrogens is 679 g/mol. The number of likely N-dealkylation sites (tertiary alicyclic amines) is 1. The molecule has 5 rings (SSSR count). The molecule has 2 atom stereocenters. The Morgan fingerprint density at radius 2 is 1.78 bits per heavy atom. The second kappa shape index (κ2) is 15.7. The SMILES string of the molecule is CCOc1cc(C(C(=O)N2CCCC2c2cccc(S(N)(=O)=O)c2)N(N)c2ccc3cnccc3c2)ccc1OC(C)C.O=C(O)C(F)(F)F. The average molecular weight is 718 g/mol. The number of carboxylic acid groups (broad SMARTS) is 1. The lowest BCUT2D eigenvalue weighted by atomic mass is 10.0. The van der Waals surface area contributed by atoms with E-state index in [1.165, 1.54) is 11.1 Å². The van der Waals surface area contributed by atoms with Crippen LogP contribution in [0.4, 0.5) is 18.9 Å². The largest absolute Gasteiger partial charge is 0.490 e. The number of primary sulfonamides is 1. The summed E-state index contributed by atoms with van der Waals surface area (Å²) in [6, 6.07) is 18.2. The number of hydrogen-bond donors (Lipinski definition) is 3. The number of carbonyl (C=O) groups excluding carboxylic acids is 1. The summed E-state index contributed by atoms with van der Waals surface area (Å²) in [6.45, 7) is 6.66. The molecule has 268 valence electrons. The van der Waals surface area contributed by atoms with E-state index in [4.69, 9.17) is 30.4 Å². The fraction of sp³-hybridized carbons (Fsp3) is 0.324. The number of anilines is 1. The van der Waals surface area contributed by atoms with Crippen molar-refractivity contribution < 1.29 is 45.8 Å². The molecule has 0 spiro atoms. The van der Waals surface area contributed by atoms with Gasteiger partial charge in [-0.1, -0.05) is 24.3 Å². The van der Waals surface area contributed by atoms with E-state index >= 15 is 0 Å². The summed E-state index contributed by atoms with van der Waals surface area (Å²) in [5.41, 5.74) is 1.98. The number of hydrazine groups is 1. The molecule has 1 aromatic heterocycles. The van der Waals surface area contributed by atoms with Gasteiger partial charge >= 0.3 is 12.1 Å². The number of nitrogens with zero attached hydrogens (tertiary/aromatic N) is 3. The number of benzene rings is 3. The first-order valence-corrected chi connectivity index (χ1v) is 17.1. The van der Waals surface area contributed by atoms with Crippen LogP contribution in [0.3, 0.4) is 0 Å². The highest BCUT2D eigenvalue weighted by molar-refractivity contribution is 7.89. The van der Waals surface area contributed by atoms with Crippen LogP contribution >= 0.6 is 0 Å². The minimum Gasteiger partial charge on any atom is -0.490 e. The van der Waals surface area contributed by atoms with Crippen molar-refractivity contribution in [3.63, 3.8) is 0 Å². The second-order valence-corrected chi connectivity index (χ2v) is 13.2. The Labute approximate surface area is 287 Å². The van der Waals surface area contributed by atoms with Crippen molar-refractivity contribution in [2.75, 3.05) is 18.2 Å². The van der Waals surface area contributed by atoms with Crippen LogP contribution in [0.15, 0.2) is 84.0 Å². The lowest BCUT2D eigenvalue weighted by Gasteiger charge is -2.35. The van der Waals surface area contributed by atoms with Crippen molar-refractivity contribution in [1.29, 1.82) is 0 Å². The standard InChI is InChI=1S/C32H37N5O5S.C2HF3O2/c1-4-41-30-19-24(11-13-29(30)42-21(2)3)31(37(33)26-12-10-25-20-35-15-14-22(25)17-26)32(38)36-16-6-9-28(36)23-7-5-8-27(18-23)43(34,39)40;3-2(4,5)1(6)7/h5,7-8,10-15,17-21,28,31H,4,6,9,16,33H2,1-3H3,(H2,34,39,40);(H,6,7). The maximum Gasteiger partial charge on any atom is 0.490 e. The smallest absolute Gasteiger partial charge is 0.490 e. The Hall–Kier alpha value is -4.93. The number of nitrogens with two attached hydrogens (primary N) is 2. The summed E-state index contributed by atoms with van der Waals surface area (Å²) in [5, 5.41) is 15.9. The highest BCUT2D eigenvalue weighted by Crippen LogP contribution is 2.39. The zero-order chi connectivity index (χ0) is 36.8. The van der Waals surface area contributed by atoms with E-state index in [-0.39, 0.29) is 22.9 Å².